The smallest absolute Gasteiger partial charge is 0.225 e. The van der Waals surface area contributed by atoms with E-state index in [0.717, 1.165) is 25.7 Å². The summed E-state index contributed by atoms with van der Waals surface area (Å²) in [7, 11) is 0. The molecule has 0 radical (unpaired) electrons. The molecule has 1 amide bonds. The molecule has 0 aromatic carbocycles. The first-order valence-electron chi connectivity index (χ1n) is 6.00. The molecule has 2 fully saturated rings. The highest BCUT2D eigenvalue weighted by Crippen LogP contribution is 2.45. The van der Waals surface area contributed by atoms with Gasteiger partial charge in [0.1, 0.15) is 0 Å². The minimum atomic E-state index is -0.133. The van der Waals surface area contributed by atoms with Gasteiger partial charge >= 0.3 is 0 Å². The van der Waals surface area contributed by atoms with Crippen LogP contribution in [0.1, 0.15) is 45.4 Å². The summed E-state index contributed by atoms with van der Waals surface area (Å²) >= 11 is 0. The highest BCUT2D eigenvalue weighted by Gasteiger charge is 2.43. The third kappa shape index (κ3) is 2.17. The minimum Gasteiger partial charge on any atom is -0.396 e. The zero-order valence-corrected chi connectivity index (χ0v) is 9.51. The average molecular weight is 211 g/mol. The lowest BCUT2D eigenvalue weighted by molar-refractivity contribution is -0.130. The van der Waals surface area contributed by atoms with Gasteiger partial charge in [-0.1, -0.05) is 19.8 Å². The van der Waals surface area contributed by atoms with Gasteiger partial charge in [-0.3, -0.25) is 4.79 Å². The fraction of sp³-hybridized carbons (Fsp3) is 0.917. The van der Waals surface area contributed by atoms with Gasteiger partial charge in [0.2, 0.25) is 5.91 Å². The van der Waals surface area contributed by atoms with E-state index < -0.39 is 0 Å². The Morgan fingerprint density at radius 1 is 1.27 bits per heavy atom. The standard InChI is InChI=1S/C12H21NO2/c1-11(4-2-3-5-11)10(15)13-8-12(9-14)6-7-12/h14H,2-9H2,1H3,(H,13,15). The minimum absolute atomic E-state index is 0.0324. The molecule has 2 rings (SSSR count). The monoisotopic (exact) mass is 211 g/mol. The van der Waals surface area contributed by atoms with Crippen molar-refractivity contribution < 1.29 is 9.90 Å². The van der Waals surface area contributed by atoms with Crippen molar-refractivity contribution in [3.05, 3.63) is 0 Å². The van der Waals surface area contributed by atoms with Crippen LogP contribution in [0.5, 0.6) is 0 Å². The molecule has 0 spiro atoms. The molecule has 3 nitrogen and oxygen atoms in total. The first kappa shape index (κ1) is 10.9. The molecule has 15 heavy (non-hydrogen) atoms. The van der Waals surface area contributed by atoms with Gasteiger partial charge in [-0.2, -0.15) is 0 Å². The third-order valence-electron chi connectivity index (χ3n) is 4.17. The molecule has 0 atom stereocenters. The summed E-state index contributed by atoms with van der Waals surface area (Å²) in [6.45, 7) is 2.94. The Bertz CT molecular complexity index is 252. The predicted octanol–water partition coefficient (Wildman–Crippen LogP) is 1.46. The Morgan fingerprint density at radius 3 is 2.33 bits per heavy atom. The van der Waals surface area contributed by atoms with Crippen LogP contribution in [0, 0.1) is 10.8 Å². The Balaban J connectivity index is 1.82. The van der Waals surface area contributed by atoms with Crippen molar-refractivity contribution in [3.63, 3.8) is 0 Å². The Morgan fingerprint density at radius 2 is 1.87 bits per heavy atom. The molecule has 0 aromatic rings. The number of hydrogen-bond acceptors (Lipinski definition) is 2. The van der Waals surface area contributed by atoms with Crippen LogP contribution in [-0.2, 0) is 4.79 Å². The molecule has 0 aliphatic heterocycles. The van der Waals surface area contributed by atoms with E-state index in [0.29, 0.717) is 6.54 Å². The van der Waals surface area contributed by atoms with E-state index >= 15 is 0 Å². The molecular weight excluding hydrogens is 190 g/mol. The van der Waals surface area contributed by atoms with Crippen molar-refractivity contribution in [2.75, 3.05) is 13.2 Å². The number of amides is 1. The van der Waals surface area contributed by atoms with Crippen LogP contribution in [0.2, 0.25) is 0 Å². The molecule has 0 aromatic heterocycles. The molecule has 0 bridgehead atoms. The quantitative estimate of drug-likeness (QED) is 0.739. The Labute approximate surface area is 91.2 Å². The van der Waals surface area contributed by atoms with Crippen molar-refractivity contribution in [3.8, 4) is 0 Å². The maximum Gasteiger partial charge on any atom is 0.225 e. The third-order valence-corrected chi connectivity index (χ3v) is 4.17. The molecule has 0 unspecified atom stereocenters. The van der Waals surface area contributed by atoms with Crippen LogP contribution in [0.3, 0.4) is 0 Å². The number of aliphatic hydroxyl groups is 1. The molecule has 2 N–H and O–H groups in total. The summed E-state index contributed by atoms with van der Waals surface area (Å²) in [5.74, 6) is 0.194. The van der Waals surface area contributed by atoms with Gasteiger partial charge in [-0.05, 0) is 25.7 Å². The summed E-state index contributed by atoms with van der Waals surface area (Å²) in [5.41, 5.74) is -0.101. The second-order valence-corrected chi connectivity index (χ2v) is 5.61. The highest BCUT2D eigenvalue weighted by atomic mass is 16.3. The van der Waals surface area contributed by atoms with Crippen LogP contribution >= 0.6 is 0 Å². The number of hydrogen-bond donors (Lipinski definition) is 2. The van der Waals surface area contributed by atoms with E-state index in [2.05, 4.69) is 12.2 Å². The van der Waals surface area contributed by atoms with Gasteiger partial charge in [0.15, 0.2) is 0 Å². The van der Waals surface area contributed by atoms with Gasteiger partial charge < -0.3 is 10.4 Å². The molecule has 2 aliphatic carbocycles. The van der Waals surface area contributed by atoms with E-state index in [-0.39, 0.29) is 23.3 Å². The number of aliphatic hydroxyl groups excluding tert-OH is 1. The number of rotatable bonds is 4. The van der Waals surface area contributed by atoms with E-state index in [1.807, 2.05) is 0 Å². The zero-order chi connectivity index (χ0) is 10.9. The molecular formula is C12H21NO2. The van der Waals surface area contributed by atoms with E-state index in [9.17, 15) is 4.79 Å². The average Bonchev–Trinajstić information content (AvgIpc) is 2.90. The van der Waals surface area contributed by atoms with Gasteiger partial charge in [0.05, 0.1) is 6.61 Å². The fourth-order valence-corrected chi connectivity index (χ4v) is 2.43. The van der Waals surface area contributed by atoms with Crippen molar-refractivity contribution in [1.82, 2.24) is 5.32 Å². The lowest BCUT2D eigenvalue weighted by Crippen LogP contribution is -2.40. The Hall–Kier alpha value is -0.570. The van der Waals surface area contributed by atoms with Gasteiger partial charge in [0, 0.05) is 17.4 Å². The van der Waals surface area contributed by atoms with Gasteiger partial charge in [-0.15, -0.1) is 0 Å². The summed E-state index contributed by atoms with van der Waals surface area (Å²) in [5, 5.41) is 12.2. The van der Waals surface area contributed by atoms with Gasteiger partial charge in [-0.25, -0.2) is 0 Å². The number of carbonyl (C=O) groups is 1. The van der Waals surface area contributed by atoms with Crippen molar-refractivity contribution >= 4 is 5.91 Å². The van der Waals surface area contributed by atoms with Crippen molar-refractivity contribution in [2.45, 2.75) is 45.4 Å². The highest BCUT2D eigenvalue weighted by molar-refractivity contribution is 5.82. The molecule has 0 saturated heterocycles. The zero-order valence-electron chi connectivity index (χ0n) is 9.51. The lowest BCUT2D eigenvalue weighted by Gasteiger charge is -2.23. The molecule has 0 heterocycles. The summed E-state index contributed by atoms with van der Waals surface area (Å²) < 4.78 is 0. The van der Waals surface area contributed by atoms with Crippen LogP contribution in [0.25, 0.3) is 0 Å². The largest absolute Gasteiger partial charge is 0.396 e. The summed E-state index contributed by atoms with van der Waals surface area (Å²) in [6, 6.07) is 0. The lowest BCUT2D eigenvalue weighted by atomic mass is 9.87. The van der Waals surface area contributed by atoms with E-state index in [1.165, 1.54) is 12.8 Å². The first-order valence-corrected chi connectivity index (χ1v) is 6.00. The fourth-order valence-electron chi connectivity index (χ4n) is 2.43. The normalized spacial score (nSPS) is 26.3. The maximum atomic E-state index is 12.0. The number of nitrogens with one attached hydrogen (secondary N) is 1. The van der Waals surface area contributed by atoms with Gasteiger partial charge in [0.25, 0.3) is 0 Å². The van der Waals surface area contributed by atoms with Crippen molar-refractivity contribution in [1.29, 1.82) is 0 Å². The second-order valence-electron chi connectivity index (χ2n) is 5.61. The molecule has 2 aliphatic rings. The second kappa shape index (κ2) is 3.78. The van der Waals surface area contributed by atoms with Crippen LogP contribution < -0.4 is 5.32 Å². The van der Waals surface area contributed by atoms with Crippen LogP contribution in [-0.4, -0.2) is 24.2 Å². The summed E-state index contributed by atoms with van der Waals surface area (Å²) in [6.07, 6.45) is 6.50. The molecule has 86 valence electrons. The first-order chi connectivity index (χ1) is 7.10. The van der Waals surface area contributed by atoms with Crippen LogP contribution in [0.15, 0.2) is 0 Å². The SMILES string of the molecule is CC1(C(=O)NCC2(CO)CC2)CCCC1. The summed E-state index contributed by atoms with van der Waals surface area (Å²) in [4.78, 5) is 12.0. The van der Waals surface area contributed by atoms with Crippen LogP contribution in [0.4, 0.5) is 0 Å². The number of carbonyl (C=O) groups excluding carboxylic acids is 1. The predicted molar refractivity (Wildman–Crippen MR) is 58.3 cm³/mol. The Kier molecular flexibility index (Phi) is 2.75. The van der Waals surface area contributed by atoms with E-state index in [1.54, 1.807) is 0 Å². The van der Waals surface area contributed by atoms with E-state index in [4.69, 9.17) is 5.11 Å². The molecule has 2 saturated carbocycles. The molecule has 3 heteroatoms. The van der Waals surface area contributed by atoms with Crippen molar-refractivity contribution in [2.24, 2.45) is 10.8 Å². The maximum absolute atomic E-state index is 12.0. The topological polar surface area (TPSA) is 49.3 Å².